The van der Waals surface area contributed by atoms with Crippen molar-refractivity contribution in [2.24, 2.45) is 0 Å². The summed E-state index contributed by atoms with van der Waals surface area (Å²) >= 11 is 5.13. The Bertz CT molecular complexity index is 554. The maximum atomic E-state index is 13.3. The van der Waals surface area contributed by atoms with Crippen molar-refractivity contribution in [3.63, 3.8) is 0 Å². The topological polar surface area (TPSA) is 43.1 Å². The first-order chi connectivity index (χ1) is 7.58. The van der Waals surface area contributed by atoms with Crippen LogP contribution in [0.2, 0.25) is 0 Å². The van der Waals surface area contributed by atoms with Crippen LogP contribution >= 0.6 is 11.6 Å². The van der Waals surface area contributed by atoms with Gasteiger partial charge in [-0.2, -0.15) is 0 Å². The van der Waals surface area contributed by atoms with Crippen molar-refractivity contribution in [1.29, 1.82) is 0 Å². The highest BCUT2D eigenvalue weighted by atomic mass is 35.5. The van der Waals surface area contributed by atoms with E-state index in [-0.39, 0.29) is 17.0 Å². The quantitative estimate of drug-likeness (QED) is 0.762. The van der Waals surface area contributed by atoms with Crippen LogP contribution in [0.25, 0.3) is 11.3 Å². The van der Waals surface area contributed by atoms with Crippen LogP contribution < -0.4 is 0 Å². The highest BCUT2D eigenvalue weighted by Crippen LogP contribution is 2.23. The molecule has 0 aliphatic rings. The van der Waals surface area contributed by atoms with E-state index >= 15 is 0 Å². The molecular weight excluding hydrogens is 240 g/mol. The molecule has 0 bridgehead atoms. The van der Waals surface area contributed by atoms with E-state index in [1.54, 1.807) is 0 Å². The smallest absolute Gasteiger partial charge is 0.290 e. The summed E-state index contributed by atoms with van der Waals surface area (Å²) in [5, 5.41) is 2.57. The first-order valence-corrected chi connectivity index (χ1v) is 4.57. The van der Waals surface area contributed by atoms with Gasteiger partial charge in [-0.15, -0.1) is 0 Å². The average molecular weight is 244 g/mol. The minimum Gasteiger partial charge on any atom is -0.351 e. The first kappa shape index (κ1) is 10.8. The van der Waals surface area contributed by atoms with Gasteiger partial charge >= 0.3 is 0 Å². The molecule has 0 fully saturated rings. The minimum absolute atomic E-state index is 0.0148. The summed E-state index contributed by atoms with van der Waals surface area (Å²) in [5.74, 6) is -1.50. The van der Waals surface area contributed by atoms with Gasteiger partial charge in [0.25, 0.3) is 5.24 Å². The fraction of sp³-hybridized carbons (Fsp3) is 0. The summed E-state index contributed by atoms with van der Waals surface area (Å²) < 4.78 is 30.7. The van der Waals surface area contributed by atoms with Gasteiger partial charge in [0.05, 0.1) is 0 Å². The summed E-state index contributed by atoms with van der Waals surface area (Å²) in [6.45, 7) is 0. The molecule has 0 atom stereocenters. The van der Waals surface area contributed by atoms with Gasteiger partial charge in [0, 0.05) is 11.6 Å². The first-order valence-electron chi connectivity index (χ1n) is 4.20. The van der Waals surface area contributed by atoms with Crippen LogP contribution in [0.1, 0.15) is 10.6 Å². The standard InChI is InChI=1S/C10H4ClF2NO2/c11-10(15)9-4-8(14-16-9)6-3-5(12)1-2-7(6)13/h1-4H. The number of benzene rings is 1. The van der Waals surface area contributed by atoms with Gasteiger partial charge in [-0.3, -0.25) is 4.79 Å². The van der Waals surface area contributed by atoms with E-state index < -0.39 is 16.9 Å². The lowest BCUT2D eigenvalue weighted by atomic mass is 10.1. The largest absolute Gasteiger partial charge is 0.351 e. The lowest BCUT2D eigenvalue weighted by molar-refractivity contribution is 0.104. The van der Waals surface area contributed by atoms with E-state index in [2.05, 4.69) is 9.68 Å². The fourth-order valence-corrected chi connectivity index (χ4v) is 1.28. The molecule has 0 amide bonds. The highest BCUT2D eigenvalue weighted by molar-refractivity contribution is 6.67. The molecule has 1 heterocycles. The Morgan fingerprint density at radius 2 is 2.06 bits per heavy atom. The van der Waals surface area contributed by atoms with Gasteiger partial charge in [-0.05, 0) is 29.8 Å². The van der Waals surface area contributed by atoms with Crippen LogP contribution in [-0.2, 0) is 0 Å². The minimum atomic E-state index is -0.851. The summed E-state index contributed by atoms with van der Waals surface area (Å²) in [6.07, 6.45) is 0. The van der Waals surface area contributed by atoms with Gasteiger partial charge in [0.2, 0.25) is 5.76 Å². The molecule has 3 nitrogen and oxygen atoms in total. The molecule has 0 aliphatic heterocycles. The van der Waals surface area contributed by atoms with Crippen molar-refractivity contribution < 1.29 is 18.1 Å². The van der Waals surface area contributed by atoms with Crippen LogP contribution in [0, 0.1) is 11.6 Å². The highest BCUT2D eigenvalue weighted by Gasteiger charge is 2.14. The maximum Gasteiger partial charge on any atom is 0.290 e. The Balaban J connectivity index is 2.50. The average Bonchev–Trinajstić information content (AvgIpc) is 2.70. The Morgan fingerprint density at radius 3 is 2.69 bits per heavy atom. The van der Waals surface area contributed by atoms with E-state index in [0.717, 1.165) is 24.3 Å². The predicted molar refractivity (Wildman–Crippen MR) is 52.0 cm³/mol. The predicted octanol–water partition coefficient (Wildman–Crippen LogP) is 3.00. The molecule has 0 spiro atoms. The second-order valence-electron chi connectivity index (χ2n) is 2.97. The van der Waals surface area contributed by atoms with Crippen molar-refractivity contribution in [2.75, 3.05) is 0 Å². The van der Waals surface area contributed by atoms with Gasteiger partial charge < -0.3 is 4.52 Å². The molecule has 0 unspecified atom stereocenters. The molecule has 16 heavy (non-hydrogen) atoms. The van der Waals surface area contributed by atoms with E-state index in [1.807, 2.05) is 0 Å². The SMILES string of the molecule is O=C(Cl)c1cc(-c2cc(F)ccc2F)no1. The summed E-state index contributed by atoms with van der Waals surface area (Å²) in [6, 6.07) is 4.04. The van der Waals surface area contributed by atoms with Crippen molar-refractivity contribution in [3.05, 3.63) is 41.7 Å². The number of aromatic nitrogens is 1. The van der Waals surface area contributed by atoms with E-state index in [9.17, 15) is 13.6 Å². The van der Waals surface area contributed by atoms with Crippen LogP contribution in [0.4, 0.5) is 8.78 Å². The number of rotatable bonds is 2. The Kier molecular flexibility index (Phi) is 2.70. The zero-order valence-electron chi connectivity index (χ0n) is 7.71. The molecular formula is C10H4ClF2NO2. The molecule has 1 aromatic carbocycles. The van der Waals surface area contributed by atoms with Gasteiger partial charge in [0.15, 0.2) is 0 Å². The Hall–Kier alpha value is -1.75. The Labute approximate surface area is 93.6 Å². The number of halogens is 3. The lowest BCUT2D eigenvalue weighted by Crippen LogP contribution is -1.86. The summed E-state index contributed by atoms with van der Waals surface area (Å²) in [7, 11) is 0. The molecule has 0 N–H and O–H groups in total. The fourth-order valence-electron chi connectivity index (χ4n) is 1.19. The van der Waals surface area contributed by atoms with Crippen LogP contribution in [0.5, 0.6) is 0 Å². The summed E-state index contributed by atoms with van der Waals surface area (Å²) in [5.41, 5.74) is -0.0751. The zero-order chi connectivity index (χ0) is 11.7. The molecule has 0 radical (unpaired) electrons. The normalized spacial score (nSPS) is 10.4. The van der Waals surface area contributed by atoms with E-state index in [1.165, 1.54) is 0 Å². The maximum absolute atomic E-state index is 13.3. The third-order valence-electron chi connectivity index (χ3n) is 1.91. The van der Waals surface area contributed by atoms with Crippen molar-refractivity contribution in [3.8, 4) is 11.3 Å². The lowest BCUT2D eigenvalue weighted by Gasteiger charge is -1.97. The molecule has 0 saturated carbocycles. The molecule has 1 aromatic heterocycles. The number of hydrogen-bond donors (Lipinski definition) is 0. The van der Waals surface area contributed by atoms with Crippen molar-refractivity contribution in [1.82, 2.24) is 5.16 Å². The summed E-state index contributed by atoms with van der Waals surface area (Å²) in [4.78, 5) is 10.7. The molecule has 0 aliphatic carbocycles. The van der Waals surface area contributed by atoms with Crippen LogP contribution in [-0.4, -0.2) is 10.4 Å². The second-order valence-corrected chi connectivity index (χ2v) is 3.32. The van der Waals surface area contributed by atoms with Crippen LogP contribution in [0.3, 0.4) is 0 Å². The van der Waals surface area contributed by atoms with E-state index in [4.69, 9.17) is 11.6 Å². The Morgan fingerprint density at radius 1 is 1.31 bits per heavy atom. The molecule has 2 rings (SSSR count). The number of carbonyl (C=O) groups is 1. The number of hydrogen-bond acceptors (Lipinski definition) is 3. The van der Waals surface area contributed by atoms with Gasteiger partial charge in [0.1, 0.15) is 17.3 Å². The van der Waals surface area contributed by atoms with Gasteiger partial charge in [-0.25, -0.2) is 8.78 Å². The van der Waals surface area contributed by atoms with Crippen molar-refractivity contribution >= 4 is 16.8 Å². The number of nitrogens with zero attached hydrogens (tertiary/aromatic N) is 1. The molecule has 0 saturated heterocycles. The molecule has 82 valence electrons. The zero-order valence-corrected chi connectivity index (χ0v) is 8.46. The van der Waals surface area contributed by atoms with E-state index in [0.29, 0.717) is 0 Å². The van der Waals surface area contributed by atoms with Crippen LogP contribution in [0.15, 0.2) is 28.8 Å². The molecule has 2 aromatic rings. The second kappa shape index (κ2) is 4.02. The monoisotopic (exact) mass is 243 g/mol. The van der Waals surface area contributed by atoms with Gasteiger partial charge in [-0.1, -0.05) is 5.16 Å². The molecule has 6 heteroatoms. The third-order valence-corrected chi connectivity index (χ3v) is 2.09. The third kappa shape index (κ3) is 1.94. The number of carbonyl (C=O) groups excluding carboxylic acids is 1. The van der Waals surface area contributed by atoms with Crippen molar-refractivity contribution in [2.45, 2.75) is 0 Å².